The van der Waals surface area contributed by atoms with E-state index in [1.807, 2.05) is 25.1 Å². The van der Waals surface area contributed by atoms with Crippen LogP contribution in [0.15, 0.2) is 18.2 Å². The van der Waals surface area contributed by atoms with Crippen LogP contribution in [0.4, 0.5) is 5.69 Å². The molecule has 15 heavy (non-hydrogen) atoms. The summed E-state index contributed by atoms with van der Waals surface area (Å²) in [5.74, 6) is 0. The minimum Gasteiger partial charge on any atom is -0.383 e. The van der Waals surface area contributed by atoms with E-state index >= 15 is 0 Å². The Bertz CT molecular complexity index is 284. The molecule has 0 aliphatic rings. The number of para-hydroxylation sites is 1. The third kappa shape index (κ3) is 4.29. The zero-order valence-electron chi connectivity index (χ0n) is 8.72. The lowest BCUT2D eigenvalue weighted by Gasteiger charge is -2.09. The minimum atomic E-state index is 0.652. The monoisotopic (exact) mass is 247 g/mol. The van der Waals surface area contributed by atoms with Gasteiger partial charge in [0, 0.05) is 19.8 Å². The molecule has 0 radical (unpaired) electrons. The number of hydrogen-bond acceptors (Lipinski definition) is 2. The van der Waals surface area contributed by atoms with Gasteiger partial charge in [0.2, 0.25) is 0 Å². The summed E-state index contributed by atoms with van der Waals surface area (Å²) >= 11 is 12.0. The number of hydrogen-bond donors (Lipinski definition) is 1. The van der Waals surface area contributed by atoms with Gasteiger partial charge in [0.25, 0.3) is 0 Å². The molecule has 0 amide bonds. The molecule has 0 unspecified atom stereocenters. The summed E-state index contributed by atoms with van der Waals surface area (Å²) in [6, 6.07) is 5.46. The average Bonchev–Trinajstić information content (AvgIpc) is 2.21. The Morgan fingerprint density at radius 2 is 1.93 bits per heavy atom. The largest absolute Gasteiger partial charge is 0.383 e. The lowest BCUT2D eigenvalue weighted by atomic mass is 10.3. The van der Waals surface area contributed by atoms with Crippen LogP contribution in [-0.4, -0.2) is 19.8 Å². The van der Waals surface area contributed by atoms with E-state index in [0.29, 0.717) is 10.0 Å². The summed E-state index contributed by atoms with van der Waals surface area (Å²) in [4.78, 5) is 0. The van der Waals surface area contributed by atoms with Crippen molar-refractivity contribution in [2.45, 2.75) is 13.3 Å². The second kappa shape index (κ2) is 6.94. The highest BCUT2D eigenvalue weighted by Crippen LogP contribution is 2.29. The fourth-order valence-electron chi connectivity index (χ4n) is 1.20. The standard InChI is InChI=1S/C11H15Cl2NO/c1-2-15-8-4-7-14-11-9(12)5-3-6-10(11)13/h3,5-6,14H,2,4,7-8H2,1H3. The Kier molecular flexibility index (Phi) is 5.84. The molecular weight excluding hydrogens is 233 g/mol. The number of ether oxygens (including phenoxy) is 1. The van der Waals surface area contributed by atoms with Crippen molar-refractivity contribution in [2.75, 3.05) is 25.1 Å². The summed E-state index contributed by atoms with van der Waals surface area (Å²) < 4.78 is 5.23. The average molecular weight is 248 g/mol. The first-order chi connectivity index (χ1) is 7.25. The van der Waals surface area contributed by atoms with Crippen LogP contribution in [0.3, 0.4) is 0 Å². The molecule has 84 valence electrons. The highest BCUT2D eigenvalue weighted by atomic mass is 35.5. The normalized spacial score (nSPS) is 10.3. The Morgan fingerprint density at radius 3 is 2.53 bits per heavy atom. The van der Waals surface area contributed by atoms with Crippen LogP contribution >= 0.6 is 23.2 Å². The van der Waals surface area contributed by atoms with Gasteiger partial charge in [-0.15, -0.1) is 0 Å². The van der Waals surface area contributed by atoms with Crippen molar-refractivity contribution < 1.29 is 4.74 Å². The maximum atomic E-state index is 5.99. The molecule has 0 heterocycles. The van der Waals surface area contributed by atoms with Gasteiger partial charge in [-0.1, -0.05) is 29.3 Å². The Labute approximate surface area is 101 Å². The summed E-state index contributed by atoms with van der Waals surface area (Å²) in [5.41, 5.74) is 0.803. The zero-order valence-corrected chi connectivity index (χ0v) is 10.2. The molecule has 1 N–H and O–H groups in total. The molecule has 0 aromatic heterocycles. The molecule has 1 aromatic carbocycles. The summed E-state index contributed by atoms with van der Waals surface area (Å²) in [6.07, 6.45) is 0.940. The van der Waals surface area contributed by atoms with Crippen molar-refractivity contribution in [3.05, 3.63) is 28.2 Å². The van der Waals surface area contributed by atoms with Crippen molar-refractivity contribution in [3.8, 4) is 0 Å². The van der Waals surface area contributed by atoms with Crippen molar-refractivity contribution >= 4 is 28.9 Å². The number of anilines is 1. The second-order valence-corrected chi connectivity index (χ2v) is 3.89. The third-order valence-electron chi connectivity index (χ3n) is 1.93. The van der Waals surface area contributed by atoms with E-state index in [4.69, 9.17) is 27.9 Å². The molecule has 1 rings (SSSR count). The quantitative estimate of drug-likeness (QED) is 0.772. The van der Waals surface area contributed by atoms with Crippen LogP contribution in [0.2, 0.25) is 10.0 Å². The van der Waals surface area contributed by atoms with Crippen LogP contribution in [0.1, 0.15) is 13.3 Å². The molecule has 0 saturated heterocycles. The summed E-state index contributed by atoms with van der Waals surface area (Å²) in [5, 5.41) is 4.50. The van der Waals surface area contributed by atoms with Crippen molar-refractivity contribution in [1.29, 1.82) is 0 Å². The maximum Gasteiger partial charge on any atom is 0.0718 e. The van der Waals surface area contributed by atoms with E-state index in [-0.39, 0.29) is 0 Å². The highest BCUT2D eigenvalue weighted by molar-refractivity contribution is 6.39. The topological polar surface area (TPSA) is 21.3 Å². The van der Waals surface area contributed by atoms with Crippen LogP contribution in [0.5, 0.6) is 0 Å². The van der Waals surface area contributed by atoms with Gasteiger partial charge in [0.1, 0.15) is 0 Å². The molecule has 0 aliphatic carbocycles. The molecule has 1 aromatic rings. The van der Waals surface area contributed by atoms with E-state index in [2.05, 4.69) is 5.32 Å². The summed E-state index contributed by atoms with van der Waals surface area (Å²) in [7, 11) is 0. The summed E-state index contributed by atoms with van der Waals surface area (Å²) in [6.45, 7) is 4.31. The van der Waals surface area contributed by atoms with E-state index in [1.165, 1.54) is 0 Å². The van der Waals surface area contributed by atoms with Crippen LogP contribution < -0.4 is 5.32 Å². The van der Waals surface area contributed by atoms with Gasteiger partial charge >= 0.3 is 0 Å². The van der Waals surface area contributed by atoms with Gasteiger partial charge in [-0.05, 0) is 25.5 Å². The van der Waals surface area contributed by atoms with E-state index in [0.717, 1.165) is 31.9 Å². The third-order valence-corrected chi connectivity index (χ3v) is 2.56. The number of rotatable bonds is 6. The molecule has 4 heteroatoms. The number of halogens is 2. The van der Waals surface area contributed by atoms with Crippen molar-refractivity contribution in [1.82, 2.24) is 0 Å². The SMILES string of the molecule is CCOCCCNc1c(Cl)cccc1Cl. The minimum absolute atomic E-state index is 0.652. The van der Waals surface area contributed by atoms with Crippen LogP contribution in [0, 0.1) is 0 Å². The predicted molar refractivity (Wildman–Crippen MR) is 66.1 cm³/mol. The molecule has 0 atom stereocenters. The molecule has 0 aliphatic heterocycles. The lowest BCUT2D eigenvalue weighted by Crippen LogP contribution is -2.06. The first-order valence-electron chi connectivity index (χ1n) is 5.01. The molecule has 0 bridgehead atoms. The van der Waals surface area contributed by atoms with Crippen LogP contribution in [0.25, 0.3) is 0 Å². The first-order valence-corrected chi connectivity index (χ1v) is 5.77. The zero-order chi connectivity index (χ0) is 11.1. The van der Waals surface area contributed by atoms with Gasteiger partial charge in [-0.2, -0.15) is 0 Å². The van der Waals surface area contributed by atoms with Gasteiger partial charge in [-0.25, -0.2) is 0 Å². The fraction of sp³-hybridized carbons (Fsp3) is 0.455. The molecule has 0 fully saturated rings. The lowest BCUT2D eigenvalue weighted by molar-refractivity contribution is 0.147. The van der Waals surface area contributed by atoms with Gasteiger partial charge < -0.3 is 10.1 Å². The Morgan fingerprint density at radius 1 is 1.27 bits per heavy atom. The Hall–Kier alpha value is -0.440. The number of nitrogens with one attached hydrogen (secondary N) is 1. The fourth-order valence-corrected chi connectivity index (χ4v) is 1.73. The molecule has 0 spiro atoms. The van der Waals surface area contributed by atoms with E-state index in [1.54, 1.807) is 0 Å². The molecule has 0 saturated carbocycles. The van der Waals surface area contributed by atoms with Gasteiger partial charge in [0.15, 0.2) is 0 Å². The van der Waals surface area contributed by atoms with Crippen molar-refractivity contribution in [2.24, 2.45) is 0 Å². The van der Waals surface area contributed by atoms with Crippen molar-refractivity contribution in [3.63, 3.8) is 0 Å². The Balaban J connectivity index is 2.37. The highest BCUT2D eigenvalue weighted by Gasteiger charge is 2.03. The predicted octanol–water partition coefficient (Wildman–Crippen LogP) is 3.83. The maximum absolute atomic E-state index is 5.99. The van der Waals surface area contributed by atoms with Gasteiger partial charge in [0.05, 0.1) is 15.7 Å². The first kappa shape index (κ1) is 12.6. The van der Waals surface area contributed by atoms with Crippen LogP contribution in [-0.2, 0) is 4.74 Å². The molecule has 2 nitrogen and oxygen atoms in total. The molecular formula is C11H15Cl2NO. The van der Waals surface area contributed by atoms with E-state index in [9.17, 15) is 0 Å². The van der Waals surface area contributed by atoms with Gasteiger partial charge in [-0.3, -0.25) is 0 Å². The smallest absolute Gasteiger partial charge is 0.0718 e. The number of benzene rings is 1. The second-order valence-electron chi connectivity index (χ2n) is 3.07. The van der Waals surface area contributed by atoms with E-state index < -0.39 is 0 Å².